The summed E-state index contributed by atoms with van der Waals surface area (Å²) in [6.45, 7) is 0.561. The Hall–Kier alpha value is -1.19. The lowest BCUT2D eigenvalue weighted by Gasteiger charge is -2.11. The fraction of sp³-hybridized carbons (Fsp3) is 0.417. The molecule has 1 aromatic carbocycles. The van der Waals surface area contributed by atoms with Crippen LogP contribution in [0.5, 0.6) is 0 Å². The van der Waals surface area contributed by atoms with Crippen molar-refractivity contribution >= 4 is 5.78 Å². The van der Waals surface area contributed by atoms with E-state index in [9.17, 15) is 4.79 Å². The molecule has 15 heavy (non-hydrogen) atoms. The van der Waals surface area contributed by atoms with Gasteiger partial charge in [0.2, 0.25) is 0 Å². The maximum atomic E-state index is 11.2. The Morgan fingerprint density at radius 3 is 2.73 bits per heavy atom. The van der Waals surface area contributed by atoms with Crippen LogP contribution in [0.15, 0.2) is 30.3 Å². The van der Waals surface area contributed by atoms with E-state index in [0.717, 1.165) is 5.56 Å². The Labute approximate surface area is 88.0 Å². The first-order valence-electron chi connectivity index (χ1n) is 5.18. The number of fused-ring (bicyclic) bond motifs is 1. The molecule has 0 aromatic heterocycles. The number of hydrogen-bond donors (Lipinski definition) is 0. The summed E-state index contributed by atoms with van der Waals surface area (Å²) < 4.78 is 10.9. The second kappa shape index (κ2) is 3.43. The summed E-state index contributed by atoms with van der Waals surface area (Å²) in [7, 11) is 0. The summed E-state index contributed by atoms with van der Waals surface area (Å²) in [5.74, 6) is 0.193. The number of rotatable bonds is 3. The Morgan fingerprint density at radius 2 is 2.13 bits per heavy atom. The Balaban J connectivity index is 1.57. The predicted molar refractivity (Wildman–Crippen MR) is 53.3 cm³/mol. The van der Waals surface area contributed by atoms with Crippen LogP contribution >= 0.6 is 0 Å². The predicted octanol–water partition coefficient (Wildman–Crippen LogP) is 1.31. The molecule has 1 saturated carbocycles. The minimum Gasteiger partial charge on any atom is -0.370 e. The monoisotopic (exact) mass is 204 g/mol. The van der Waals surface area contributed by atoms with Crippen LogP contribution in [-0.4, -0.2) is 24.1 Å². The molecule has 0 radical (unpaired) electrons. The maximum absolute atomic E-state index is 11.2. The largest absolute Gasteiger partial charge is 0.370 e. The van der Waals surface area contributed by atoms with Gasteiger partial charge in [-0.05, 0) is 5.56 Å². The second-order valence-electron chi connectivity index (χ2n) is 4.03. The van der Waals surface area contributed by atoms with Gasteiger partial charge >= 0.3 is 0 Å². The van der Waals surface area contributed by atoms with Crippen molar-refractivity contribution in [2.24, 2.45) is 0 Å². The van der Waals surface area contributed by atoms with Crippen LogP contribution in [0.1, 0.15) is 12.0 Å². The van der Waals surface area contributed by atoms with E-state index in [1.165, 1.54) is 0 Å². The zero-order chi connectivity index (χ0) is 10.3. The molecule has 1 aromatic rings. The lowest BCUT2D eigenvalue weighted by atomic mass is 10.2. The number of hydrogen-bond acceptors (Lipinski definition) is 3. The molecular formula is C12H12O3. The molecule has 0 amide bonds. The van der Waals surface area contributed by atoms with Crippen LogP contribution in [-0.2, 0) is 20.9 Å². The van der Waals surface area contributed by atoms with E-state index in [-0.39, 0.29) is 24.1 Å². The summed E-state index contributed by atoms with van der Waals surface area (Å²) in [6, 6.07) is 9.97. The topological polar surface area (TPSA) is 38.8 Å². The third-order valence-corrected chi connectivity index (χ3v) is 2.92. The molecular weight excluding hydrogens is 192 g/mol. The molecule has 3 rings (SSSR count). The summed E-state index contributed by atoms with van der Waals surface area (Å²) >= 11 is 0. The van der Waals surface area contributed by atoms with Crippen LogP contribution in [0.25, 0.3) is 0 Å². The van der Waals surface area contributed by atoms with E-state index in [4.69, 9.17) is 9.47 Å². The molecule has 1 aliphatic carbocycles. The first-order chi connectivity index (χ1) is 7.34. The fourth-order valence-corrected chi connectivity index (χ4v) is 2.03. The van der Waals surface area contributed by atoms with Crippen LogP contribution in [0.4, 0.5) is 0 Å². The van der Waals surface area contributed by atoms with Gasteiger partial charge in [0.25, 0.3) is 0 Å². The average molecular weight is 204 g/mol. The van der Waals surface area contributed by atoms with Crippen molar-refractivity contribution in [3.05, 3.63) is 35.9 Å². The number of carbonyl (C=O) groups excluding carboxylic acids is 1. The molecule has 78 valence electrons. The first-order valence-corrected chi connectivity index (χ1v) is 5.18. The number of Topliss-reactive ketones (excluding diaryl/α,β-unsaturated/α-hetero) is 1. The summed E-state index contributed by atoms with van der Waals surface area (Å²) in [6.07, 6.45) is 0.386. The standard InChI is InChI=1S/C12H12O3/c13-9-6-10(12-11(9)15-12)14-7-8-4-2-1-3-5-8/h1-5,10-12H,6-7H2/t10-,11+,12-/m0/s1. The summed E-state index contributed by atoms with van der Waals surface area (Å²) in [5, 5.41) is 0. The van der Waals surface area contributed by atoms with Crippen molar-refractivity contribution in [1.82, 2.24) is 0 Å². The van der Waals surface area contributed by atoms with Gasteiger partial charge in [0.1, 0.15) is 12.2 Å². The molecule has 1 heterocycles. The van der Waals surface area contributed by atoms with Gasteiger partial charge in [0.05, 0.1) is 12.7 Å². The Bertz CT molecular complexity index is 374. The van der Waals surface area contributed by atoms with Crippen molar-refractivity contribution < 1.29 is 14.3 Å². The average Bonchev–Trinajstić information content (AvgIpc) is 3.00. The molecule has 1 saturated heterocycles. The van der Waals surface area contributed by atoms with Crippen molar-refractivity contribution in [3.63, 3.8) is 0 Å². The van der Waals surface area contributed by atoms with Gasteiger partial charge in [0, 0.05) is 6.42 Å². The normalized spacial score (nSPS) is 32.8. The van der Waals surface area contributed by atoms with Gasteiger partial charge in [-0.1, -0.05) is 30.3 Å². The summed E-state index contributed by atoms with van der Waals surface area (Å²) in [4.78, 5) is 11.2. The maximum Gasteiger partial charge on any atom is 0.167 e. The molecule has 3 heteroatoms. The van der Waals surface area contributed by atoms with Crippen LogP contribution in [0.2, 0.25) is 0 Å². The van der Waals surface area contributed by atoms with E-state index in [0.29, 0.717) is 13.0 Å². The molecule has 1 aliphatic heterocycles. The number of ketones is 1. The number of carbonyl (C=O) groups is 1. The molecule has 3 nitrogen and oxygen atoms in total. The SMILES string of the molecule is O=C1C[C@H](OCc2ccccc2)[C@@H]2O[C@H]12. The molecule has 3 atom stereocenters. The number of benzene rings is 1. The fourth-order valence-electron chi connectivity index (χ4n) is 2.03. The highest BCUT2D eigenvalue weighted by molar-refractivity contribution is 5.89. The minimum absolute atomic E-state index is 0.0253. The molecule has 0 bridgehead atoms. The van der Waals surface area contributed by atoms with Crippen LogP contribution < -0.4 is 0 Å². The zero-order valence-corrected chi connectivity index (χ0v) is 8.26. The lowest BCUT2D eigenvalue weighted by Crippen LogP contribution is -2.17. The highest BCUT2D eigenvalue weighted by Gasteiger charge is 2.57. The molecule has 0 unspecified atom stereocenters. The van der Waals surface area contributed by atoms with E-state index >= 15 is 0 Å². The van der Waals surface area contributed by atoms with Crippen LogP contribution in [0, 0.1) is 0 Å². The van der Waals surface area contributed by atoms with E-state index in [2.05, 4.69) is 0 Å². The quantitative estimate of drug-likeness (QED) is 0.697. The van der Waals surface area contributed by atoms with E-state index in [1.54, 1.807) is 0 Å². The first kappa shape index (κ1) is 9.07. The van der Waals surface area contributed by atoms with Crippen molar-refractivity contribution in [2.75, 3.05) is 0 Å². The highest BCUT2D eigenvalue weighted by Crippen LogP contribution is 2.38. The second-order valence-corrected chi connectivity index (χ2v) is 4.03. The van der Waals surface area contributed by atoms with Gasteiger partial charge in [-0.3, -0.25) is 4.79 Å². The lowest BCUT2D eigenvalue weighted by molar-refractivity contribution is -0.122. The number of ether oxygens (including phenoxy) is 2. The highest BCUT2D eigenvalue weighted by atomic mass is 16.6. The van der Waals surface area contributed by atoms with Crippen molar-refractivity contribution in [3.8, 4) is 0 Å². The Morgan fingerprint density at radius 1 is 1.33 bits per heavy atom. The third-order valence-electron chi connectivity index (χ3n) is 2.92. The zero-order valence-electron chi connectivity index (χ0n) is 8.26. The van der Waals surface area contributed by atoms with Gasteiger partial charge in [-0.15, -0.1) is 0 Å². The molecule has 0 spiro atoms. The smallest absolute Gasteiger partial charge is 0.167 e. The van der Waals surface area contributed by atoms with E-state index in [1.807, 2.05) is 30.3 Å². The molecule has 2 aliphatic rings. The van der Waals surface area contributed by atoms with Crippen molar-refractivity contribution in [2.45, 2.75) is 31.3 Å². The van der Waals surface area contributed by atoms with E-state index < -0.39 is 0 Å². The van der Waals surface area contributed by atoms with Crippen LogP contribution in [0.3, 0.4) is 0 Å². The van der Waals surface area contributed by atoms with Crippen molar-refractivity contribution in [1.29, 1.82) is 0 Å². The van der Waals surface area contributed by atoms with Gasteiger partial charge in [-0.2, -0.15) is 0 Å². The Kier molecular flexibility index (Phi) is 2.08. The van der Waals surface area contributed by atoms with Gasteiger partial charge < -0.3 is 9.47 Å². The molecule has 2 fully saturated rings. The third kappa shape index (κ3) is 1.68. The molecule has 0 N–H and O–H groups in total. The summed E-state index contributed by atoms with van der Waals surface area (Å²) in [5.41, 5.74) is 1.13. The van der Waals surface area contributed by atoms with Gasteiger partial charge in [-0.25, -0.2) is 0 Å². The minimum atomic E-state index is -0.147. The number of epoxide rings is 1. The van der Waals surface area contributed by atoms with Gasteiger partial charge in [0.15, 0.2) is 5.78 Å².